The summed E-state index contributed by atoms with van der Waals surface area (Å²) in [5.74, 6) is -0.635. The van der Waals surface area contributed by atoms with Gasteiger partial charge in [0.25, 0.3) is 0 Å². The van der Waals surface area contributed by atoms with Crippen LogP contribution in [-0.4, -0.2) is 18.1 Å². The maximum atomic E-state index is 13.7. The third-order valence-electron chi connectivity index (χ3n) is 4.66. The lowest BCUT2D eigenvalue weighted by Crippen LogP contribution is -2.02. The number of benzene rings is 3. The first-order valence-electron chi connectivity index (χ1n) is 8.68. The Kier molecular flexibility index (Phi) is 4.47. The van der Waals surface area contributed by atoms with Crippen LogP contribution in [0.3, 0.4) is 0 Å². The van der Waals surface area contributed by atoms with Gasteiger partial charge in [-0.1, -0.05) is 42.5 Å². The van der Waals surface area contributed by atoms with Gasteiger partial charge >= 0.3 is 5.97 Å². The number of carbonyl (C=O) groups is 1. The fourth-order valence-corrected chi connectivity index (χ4v) is 3.39. The van der Waals surface area contributed by atoms with E-state index < -0.39 is 0 Å². The van der Waals surface area contributed by atoms with Crippen molar-refractivity contribution in [2.24, 2.45) is 0 Å². The van der Waals surface area contributed by atoms with E-state index in [0.717, 1.165) is 33.3 Å². The molecule has 0 aliphatic heterocycles. The second kappa shape index (κ2) is 7.08. The molecule has 1 heterocycles. The molecule has 3 aromatic carbocycles. The quantitative estimate of drug-likeness (QED) is 0.499. The van der Waals surface area contributed by atoms with Gasteiger partial charge in [-0.2, -0.15) is 0 Å². The number of carbonyl (C=O) groups excluding carboxylic acids is 1. The summed E-state index contributed by atoms with van der Waals surface area (Å²) < 4.78 is 18.5. The lowest BCUT2D eigenvalue weighted by atomic mass is 9.97. The van der Waals surface area contributed by atoms with Crippen LogP contribution in [0.25, 0.3) is 22.2 Å². The van der Waals surface area contributed by atoms with Crippen molar-refractivity contribution in [3.8, 4) is 11.3 Å². The third-order valence-corrected chi connectivity index (χ3v) is 4.66. The van der Waals surface area contributed by atoms with Gasteiger partial charge in [-0.3, -0.25) is 0 Å². The summed E-state index contributed by atoms with van der Waals surface area (Å²) in [5.41, 5.74) is 5.32. The van der Waals surface area contributed by atoms with Gasteiger partial charge in [0.15, 0.2) is 0 Å². The Labute approximate surface area is 156 Å². The van der Waals surface area contributed by atoms with Crippen molar-refractivity contribution in [1.82, 2.24) is 4.98 Å². The Morgan fingerprint density at radius 3 is 2.59 bits per heavy atom. The molecule has 0 amide bonds. The summed E-state index contributed by atoms with van der Waals surface area (Å²) in [7, 11) is 1.37. The molecule has 0 spiro atoms. The zero-order valence-electron chi connectivity index (χ0n) is 14.8. The number of hydrogen-bond donors (Lipinski definition) is 1. The number of ether oxygens (including phenoxy) is 1. The van der Waals surface area contributed by atoms with Crippen LogP contribution < -0.4 is 0 Å². The molecule has 1 aromatic heterocycles. The number of fused-ring (bicyclic) bond motifs is 1. The molecule has 0 radical (unpaired) electrons. The molecule has 4 rings (SSSR count). The topological polar surface area (TPSA) is 42.1 Å². The van der Waals surface area contributed by atoms with Gasteiger partial charge in [-0.05, 0) is 47.0 Å². The van der Waals surface area contributed by atoms with Crippen molar-refractivity contribution in [3.05, 3.63) is 95.3 Å². The van der Waals surface area contributed by atoms with E-state index in [-0.39, 0.29) is 11.8 Å². The van der Waals surface area contributed by atoms with E-state index in [1.807, 2.05) is 48.5 Å². The first kappa shape index (κ1) is 17.0. The molecule has 0 bridgehead atoms. The molecule has 27 heavy (non-hydrogen) atoms. The summed E-state index contributed by atoms with van der Waals surface area (Å²) in [6.07, 6.45) is 0.612. The zero-order valence-corrected chi connectivity index (χ0v) is 14.8. The van der Waals surface area contributed by atoms with E-state index in [1.165, 1.54) is 19.2 Å². The minimum Gasteiger partial charge on any atom is -0.465 e. The fraction of sp³-hybridized carbons (Fsp3) is 0.0870. The summed E-state index contributed by atoms with van der Waals surface area (Å²) in [4.78, 5) is 15.2. The van der Waals surface area contributed by atoms with E-state index in [4.69, 9.17) is 4.74 Å². The van der Waals surface area contributed by atoms with Crippen LogP contribution in [0.4, 0.5) is 4.39 Å². The number of nitrogens with one attached hydrogen (secondary N) is 1. The molecule has 0 aliphatic carbocycles. The highest BCUT2D eigenvalue weighted by atomic mass is 19.1. The number of rotatable bonds is 4. The van der Waals surface area contributed by atoms with Crippen LogP contribution in [0.15, 0.2) is 72.8 Å². The predicted molar refractivity (Wildman–Crippen MR) is 104 cm³/mol. The SMILES string of the molecule is COC(=O)c1cccc(Cc2c(-c3ccccc3)[nH]c3cc(F)ccc23)c1. The molecule has 0 aliphatic rings. The van der Waals surface area contributed by atoms with Crippen molar-refractivity contribution >= 4 is 16.9 Å². The van der Waals surface area contributed by atoms with Crippen LogP contribution in [0.1, 0.15) is 21.5 Å². The van der Waals surface area contributed by atoms with E-state index in [2.05, 4.69) is 4.98 Å². The zero-order chi connectivity index (χ0) is 18.8. The Morgan fingerprint density at radius 2 is 1.81 bits per heavy atom. The Morgan fingerprint density at radius 1 is 1.00 bits per heavy atom. The van der Waals surface area contributed by atoms with Crippen molar-refractivity contribution in [1.29, 1.82) is 0 Å². The average Bonchev–Trinajstić information content (AvgIpc) is 3.05. The van der Waals surface area contributed by atoms with Gasteiger partial charge in [0.2, 0.25) is 0 Å². The first-order valence-corrected chi connectivity index (χ1v) is 8.68. The molecular weight excluding hydrogens is 341 g/mol. The molecule has 3 nitrogen and oxygen atoms in total. The molecule has 4 aromatic rings. The van der Waals surface area contributed by atoms with Crippen LogP contribution in [0.5, 0.6) is 0 Å². The minimum absolute atomic E-state index is 0.275. The second-order valence-electron chi connectivity index (χ2n) is 6.40. The van der Waals surface area contributed by atoms with Crippen molar-refractivity contribution in [3.63, 3.8) is 0 Å². The monoisotopic (exact) mass is 359 g/mol. The lowest BCUT2D eigenvalue weighted by molar-refractivity contribution is 0.0600. The van der Waals surface area contributed by atoms with Crippen LogP contribution >= 0.6 is 0 Å². The Hall–Kier alpha value is -3.40. The number of esters is 1. The summed E-state index contributed by atoms with van der Waals surface area (Å²) in [6.45, 7) is 0. The van der Waals surface area contributed by atoms with E-state index in [9.17, 15) is 9.18 Å². The fourth-order valence-electron chi connectivity index (χ4n) is 3.39. The van der Waals surface area contributed by atoms with E-state index >= 15 is 0 Å². The summed E-state index contributed by atoms with van der Waals surface area (Å²) in [6, 6.07) is 22.1. The van der Waals surface area contributed by atoms with Gasteiger partial charge in [0.05, 0.1) is 18.4 Å². The molecule has 0 fully saturated rings. The molecule has 0 saturated heterocycles. The van der Waals surface area contributed by atoms with Gasteiger partial charge < -0.3 is 9.72 Å². The number of hydrogen-bond acceptors (Lipinski definition) is 2. The predicted octanol–water partition coefficient (Wildman–Crippen LogP) is 5.35. The highest BCUT2D eigenvalue weighted by molar-refractivity contribution is 5.92. The lowest BCUT2D eigenvalue weighted by Gasteiger charge is -2.07. The van der Waals surface area contributed by atoms with Gasteiger partial charge in [-0.15, -0.1) is 0 Å². The molecule has 0 unspecified atom stereocenters. The summed E-state index contributed by atoms with van der Waals surface area (Å²) >= 11 is 0. The normalized spacial score (nSPS) is 10.9. The molecule has 0 atom stereocenters. The van der Waals surface area contributed by atoms with Crippen molar-refractivity contribution in [2.75, 3.05) is 7.11 Å². The van der Waals surface area contributed by atoms with Crippen LogP contribution in [0, 0.1) is 5.82 Å². The Bertz CT molecular complexity index is 1120. The number of H-pyrrole nitrogens is 1. The van der Waals surface area contributed by atoms with Crippen molar-refractivity contribution in [2.45, 2.75) is 6.42 Å². The largest absolute Gasteiger partial charge is 0.465 e. The standard InChI is InChI=1S/C23H18FNO2/c1-27-23(26)17-9-5-6-15(12-17)13-20-19-11-10-18(24)14-21(19)25-22(20)16-7-3-2-4-8-16/h2-12,14,25H,13H2,1H3. The van der Waals surface area contributed by atoms with E-state index in [1.54, 1.807) is 12.1 Å². The summed E-state index contributed by atoms with van der Waals surface area (Å²) in [5, 5.41) is 0.971. The molecule has 0 saturated carbocycles. The number of methoxy groups -OCH3 is 1. The minimum atomic E-state index is -0.360. The number of aromatic amines is 1. The number of halogens is 1. The smallest absolute Gasteiger partial charge is 0.337 e. The van der Waals surface area contributed by atoms with Crippen molar-refractivity contribution < 1.29 is 13.9 Å². The molecule has 134 valence electrons. The van der Waals surface area contributed by atoms with Crippen LogP contribution in [0.2, 0.25) is 0 Å². The third kappa shape index (κ3) is 3.34. The average molecular weight is 359 g/mol. The second-order valence-corrected chi connectivity index (χ2v) is 6.40. The van der Waals surface area contributed by atoms with Crippen LogP contribution in [-0.2, 0) is 11.2 Å². The molecule has 1 N–H and O–H groups in total. The molecule has 4 heteroatoms. The highest BCUT2D eigenvalue weighted by Crippen LogP contribution is 2.32. The Balaban J connectivity index is 1.84. The molecular formula is C23H18FNO2. The van der Waals surface area contributed by atoms with Gasteiger partial charge in [0.1, 0.15) is 5.82 Å². The maximum Gasteiger partial charge on any atom is 0.337 e. The van der Waals surface area contributed by atoms with E-state index in [0.29, 0.717) is 12.0 Å². The number of aromatic nitrogens is 1. The van der Waals surface area contributed by atoms with Gasteiger partial charge in [-0.25, -0.2) is 9.18 Å². The highest BCUT2D eigenvalue weighted by Gasteiger charge is 2.15. The van der Waals surface area contributed by atoms with Gasteiger partial charge in [0, 0.05) is 17.3 Å². The maximum absolute atomic E-state index is 13.7. The first-order chi connectivity index (χ1) is 13.2.